The van der Waals surface area contributed by atoms with Crippen molar-refractivity contribution in [3.8, 4) is 11.5 Å². The summed E-state index contributed by atoms with van der Waals surface area (Å²) in [5.41, 5.74) is 1.76. The van der Waals surface area contributed by atoms with Crippen LogP contribution in [0, 0.1) is 5.41 Å². The van der Waals surface area contributed by atoms with Crippen molar-refractivity contribution in [3.05, 3.63) is 59.7 Å². The Morgan fingerprint density at radius 1 is 0.808 bits per heavy atom. The van der Waals surface area contributed by atoms with Gasteiger partial charge in [0.2, 0.25) is 0 Å². The minimum Gasteiger partial charge on any atom is -0.497 e. The molecule has 2 aromatic carbocycles. The molecule has 0 aromatic heterocycles. The fourth-order valence-electron chi connectivity index (χ4n) is 3.99. The van der Waals surface area contributed by atoms with E-state index in [1.807, 2.05) is 48.5 Å². The van der Waals surface area contributed by atoms with Crippen LogP contribution in [-0.4, -0.2) is 25.8 Å². The highest BCUT2D eigenvalue weighted by Gasteiger charge is 2.39. The van der Waals surface area contributed by atoms with E-state index < -0.39 is 5.41 Å². The second kappa shape index (κ2) is 7.73. The molecular weight excluding hydrogens is 328 g/mol. The predicted molar refractivity (Wildman–Crippen MR) is 99.7 cm³/mol. The van der Waals surface area contributed by atoms with Crippen molar-refractivity contribution >= 4 is 11.6 Å². The maximum Gasteiger partial charge on any atom is 0.140 e. The number of hydrogen-bond acceptors (Lipinski definition) is 4. The third kappa shape index (κ3) is 4.31. The Bertz CT molecular complexity index is 742. The lowest BCUT2D eigenvalue weighted by molar-refractivity contribution is -0.134. The van der Waals surface area contributed by atoms with Gasteiger partial charge < -0.3 is 9.47 Å². The minimum absolute atomic E-state index is 0.0343. The zero-order valence-electron chi connectivity index (χ0n) is 15.3. The Morgan fingerprint density at radius 2 is 1.27 bits per heavy atom. The Labute approximate surface area is 154 Å². The first-order chi connectivity index (χ1) is 12.5. The SMILES string of the molecule is COc1cccc(CC2(Cc3cccc(OC)c3)CC(=O)CC(=O)C2)c1. The number of hydrogen-bond donors (Lipinski definition) is 0. The average Bonchev–Trinajstić information content (AvgIpc) is 2.60. The molecule has 2 aromatic rings. The number of carbonyl (C=O) groups excluding carboxylic acids is 2. The molecule has 4 nitrogen and oxygen atoms in total. The van der Waals surface area contributed by atoms with Gasteiger partial charge in [-0.1, -0.05) is 24.3 Å². The third-order valence-corrected chi connectivity index (χ3v) is 4.97. The van der Waals surface area contributed by atoms with Gasteiger partial charge in [0, 0.05) is 12.8 Å². The summed E-state index contributed by atoms with van der Waals surface area (Å²) in [7, 11) is 3.28. The number of benzene rings is 2. The summed E-state index contributed by atoms with van der Waals surface area (Å²) in [4.78, 5) is 24.5. The van der Waals surface area contributed by atoms with Crippen molar-refractivity contribution in [1.29, 1.82) is 0 Å². The fourth-order valence-corrected chi connectivity index (χ4v) is 3.99. The molecule has 1 aliphatic carbocycles. The van der Waals surface area contributed by atoms with E-state index in [0.717, 1.165) is 22.6 Å². The summed E-state index contributed by atoms with van der Waals surface area (Å²) >= 11 is 0. The molecule has 0 bridgehead atoms. The molecule has 4 heteroatoms. The highest BCUT2D eigenvalue weighted by molar-refractivity contribution is 6.02. The first kappa shape index (κ1) is 18.2. The lowest BCUT2D eigenvalue weighted by Gasteiger charge is -2.36. The van der Waals surface area contributed by atoms with Crippen molar-refractivity contribution < 1.29 is 19.1 Å². The lowest BCUT2D eigenvalue weighted by Crippen LogP contribution is -2.37. The van der Waals surface area contributed by atoms with E-state index in [9.17, 15) is 9.59 Å². The largest absolute Gasteiger partial charge is 0.497 e. The van der Waals surface area contributed by atoms with Gasteiger partial charge in [0.1, 0.15) is 23.1 Å². The second-order valence-electron chi connectivity index (χ2n) is 7.16. The van der Waals surface area contributed by atoms with Crippen molar-refractivity contribution in [2.45, 2.75) is 32.1 Å². The van der Waals surface area contributed by atoms with Gasteiger partial charge in [-0.3, -0.25) is 9.59 Å². The summed E-state index contributed by atoms with van der Waals surface area (Å²) < 4.78 is 10.6. The van der Waals surface area contributed by atoms with Gasteiger partial charge in [-0.05, 0) is 53.6 Å². The summed E-state index contributed by atoms with van der Waals surface area (Å²) in [6.07, 6.45) is 2.25. The van der Waals surface area contributed by atoms with E-state index >= 15 is 0 Å². The van der Waals surface area contributed by atoms with Gasteiger partial charge in [0.05, 0.1) is 20.6 Å². The summed E-state index contributed by atoms with van der Waals surface area (Å²) in [6, 6.07) is 15.7. The van der Waals surface area contributed by atoms with Crippen LogP contribution in [-0.2, 0) is 22.4 Å². The number of Topliss-reactive ketones (excluding diaryl/α,β-unsaturated/α-hetero) is 2. The third-order valence-electron chi connectivity index (χ3n) is 4.97. The van der Waals surface area contributed by atoms with E-state index in [-0.39, 0.29) is 18.0 Å². The number of ether oxygens (including phenoxy) is 2. The number of ketones is 2. The molecule has 136 valence electrons. The first-order valence-corrected chi connectivity index (χ1v) is 8.81. The van der Waals surface area contributed by atoms with Crippen LogP contribution in [0.5, 0.6) is 11.5 Å². The lowest BCUT2D eigenvalue weighted by atomic mass is 9.66. The Morgan fingerprint density at radius 3 is 1.69 bits per heavy atom. The highest BCUT2D eigenvalue weighted by atomic mass is 16.5. The summed E-state index contributed by atoms with van der Waals surface area (Å²) in [5, 5.41) is 0. The van der Waals surface area contributed by atoms with Crippen LogP contribution in [0.3, 0.4) is 0 Å². The summed E-state index contributed by atoms with van der Waals surface area (Å²) in [5.74, 6) is 1.64. The van der Waals surface area contributed by atoms with E-state index in [2.05, 4.69) is 0 Å². The quantitative estimate of drug-likeness (QED) is 0.742. The molecule has 1 aliphatic rings. The Balaban J connectivity index is 1.93. The van der Waals surface area contributed by atoms with Gasteiger partial charge in [0.15, 0.2) is 0 Å². The van der Waals surface area contributed by atoms with Crippen molar-refractivity contribution in [2.75, 3.05) is 14.2 Å². The number of rotatable bonds is 6. The van der Waals surface area contributed by atoms with Gasteiger partial charge in [0.25, 0.3) is 0 Å². The van der Waals surface area contributed by atoms with Crippen molar-refractivity contribution in [3.63, 3.8) is 0 Å². The van der Waals surface area contributed by atoms with E-state index in [4.69, 9.17) is 9.47 Å². The second-order valence-corrected chi connectivity index (χ2v) is 7.16. The Kier molecular flexibility index (Phi) is 5.40. The van der Waals surface area contributed by atoms with E-state index in [1.165, 1.54) is 0 Å². The molecule has 1 saturated carbocycles. The maximum absolute atomic E-state index is 12.2. The fraction of sp³-hybridized carbons (Fsp3) is 0.364. The Hall–Kier alpha value is -2.62. The molecule has 0 heterocycles. The molecule has 26 heavy (non-hydrogen) atoms. The van der Waals surface area contributed by atoms with E-state index in [0.29, 0.717) is 25.7 Å². The van der Waals surface area contributed by atoms with Crippen LogP contribution < -0.4 is 9.47 Å². The highest BCUT2D eigenvalue weighted by Crippen LogP contribution is 2.40. The van der Waals surface area contributed by atoms with Gasteiger partial charge in [-0.15, -0.1) is 0 Å². The first-order valence-electron chi connectivity index (χ1n) is 8.81. The van der Waals surface area contributed by atoms with Crippen LogP contribution in [0.2, 0.25) is 0 Å². The number of carbonyl (C=O) groups is 2. The smallest absolute Gasteiger partial charge is 0.140 e. The van der Waals surface area contributed by atoms with Crippen LogP contribution in [0.1, 0.15) is 30.4 Å². The van der Waals surface area contributed by atoms with Crippen LogP contribution >= 0.6 is 0 Å². The molecule has 0 N–H and O–H groups in total. The minimum atomic E-state index is -0.398. The molecule has 0 unspecified atom stereocenters. The van der Waals surface area contributed by atoms with Gasteiger partial charge in [-0.25, -0.2) is 0 Å². The van der Waals surface area contributed by atoms with Crippen LogP contribution in [0.4, 0.5) is 0 Å². The molecule has 0 radical (unpaired) electrons. The molecule has 1 fully saturated rings. The van der Waals surface area contributed by atoms with E-state index in [1.54, 1.807) is 14.2 Å². The zero-order chi connectivity index (χ0) is 18.6. The molecule has 0 saturated heterocycles. The van der Waals surface area contributed by atoms with Crippen molar-refractivity contribution in [2.24, 2.45) is 5.41 Å². The van der Waals surface area contributed by atoms with Crippen LogP contribution in [0.25, 0.3) is 0 Å². The predicted octanol–water partition coefficient (Wildman–Crippen LogP) is 3.80. The molecule has 0 amide bonds. The molecule has 0 aliphatic heterocycles. The molecular formula is C22H24O4. The average molecular weight is 352 g/mol. The maximum atomic E-state index is 12.2. The normalized spacial score (nSPS) is 16.4. The summed E-state index contributed by atoms with van der Waals surface area (Å²) in [6.45, 7) is 0. The van der Waals surface area contributed by atoms with Gasteiger partial charge >= 0.3 is 0 Å². The van der Waals surface area contributed by atoms with Gasteiger partial charge in [-0.2, -0.15) is 0 Å². The molecule has 0 atom stereocenters. The monoisotopic (exact) mass is 352 g/mol. The standard InChI is InChI=1S/C22H24O4/c1-25-20-7-3-5-16(9-20)12-22(14-18(23)11-19(24)15-22)13-17-6-4-8-21(10-17)26-2/h3-10H,11-15H2,1-2H3. The zero-order valence-corrected chi connectivity index (χ0v) is 15.3. The molecule has 0 spiro atoms. The molecule has 3 rings (SSSR count). The topological polar surface area (TPSA) is 52.6 Å². The number of methoxy groups -OCH3 is 2. The van der Waals surface area contributed by atoms with Crippen molar-refractivity contribution in [1.82, 2.24) is 0 Å². The van der Waals surface area contributed by atoms with Crippen LogP contribution in [0.15, 0.2) is 48.5 Å².